The first-order valence-corrected chi connectivity index (χ1v) is 11.8. The molecule has 0 bridgehead atoms. The van der Waals surface area contributed by atoms with Crippen molar-refractivity contribution in [2.75, 3.05) is 13.4 Å². The quantitative estimate of drug-likeness (QED) is 0.431. The lowest BCUT2D eigenvalue weighted by Crippen LogP contribution is -2.41. The molecule has 3 aromatic rings. The number of halogens is 3. The molecule has 0 radical (unpaired) electrons. The number of nitrogens with zero attached hydrogens (tertiary/aromatic N) is 2. The van der Waals surface area contributed by atoms with Crippen LogP contribution in [0.15, 0.2) is 60.2 Å². The molecule has 4 rings (SSSR count). The fourth-order valence-electron chi connectivity index (χ4n) is 3.42. The highest BCUT2D eigenvalue weighted by atomic mass is 35.5. The third-order valence-corrected chi connectivity index (χ3v) is 6.10. The summed E-state index contributed by atoms with van der Waals surface area (Å²) in [7, 11) is -2.33. The number of fused-ring (bicyclic) bond motifs is 1. The lowest BCUT2D eigenvalue weighted by Gasteiger charge is -2.34. The Morgan fingerprint density at radius 2 is 2.03 bits per heavy atom. The standard InChI is InChI=1S/C22H17ClF2N4O3S/c1-32-21-15-11-13(12-26-20(15)27-28-21)7-8-14-5-3-4-6-16(14)22(23)18(24)10-9-17(19(22)25)29-33(2,30)31/h3-6,9-12,19,29H,1-2H3,(H,26,27,28). The molecular formula is C22H17ClF2N4O3S. The normalized spacial score (nSPS) is 20.5. The van der Waals surface area contributed by atoms with Crippen molar-refractivity contribution in [1.29, 1.82) is 0 Å². The van der Waals surface area contributed by atoms with Gasteiger partial charge in [-0.05, 0) is 29.8 Å². The zero-order valence-electron chi connectivity index (χ0n) is 17.4. The first kappa shape index (κ1) is 22.8. The van der Waals surface area contributed by atoms with Gasteiger partial charge in [0.25, 0.3) is 0 Å². The number of hydrogen-bond donors (Lipinski definition) is 2. The Labute approximate surface area is 193 Å². The van der Waals surface area contributed by atoms with Crippen molar-refractivity contribution >= 4 is 32.7 Å². The molecule has 1 aliphatic rings. The second-order valence-electron chi connectivity index (χ2n) is 7.23. The lowest BCUT2D eigenvalue weighted by molar-refractivity contribution is 0.279. The maximum Gasteiger partial charge on any atom is 0.242 e. The number of nitrogens with one attached hydrogen (secondary N) is 2. The minimum absolute atomic E-state index is 0.0521. The van der Waals surface area contributed by atoms with Gasteiger partial charge in [-0.2, -0.15) is 0 Å². The van der Waals surface area contributed by atoms with Crippen LogP contribution in [0.2, 0.25) is 0 Å². The molecule has 2 N–H and O–H groups in total. The smallest absolute Gasteiger partial charge is 0.242 e. The van der Waals surface area contributed by atoms with Gasteiger partial charge in [0, 0.05) is 17.3 Å². The Morgan fingerprint density at radius 3 is 2.76 bits per heavy atom. The number of benzene rings is 1. The first-order valence-electron chi connectivity index (χ1n) is 9.51. The summed E-state index contributed by atoms with van der Waals surface area (Å²) in [5.41, 5.74) is 0.967. The van der Waals surface area contributed by atoms with Gasteiger partial charge in [-0.3, -0.25) is 9.82 Å². The molecule has 2 atom stereocenters. The van der Waals surface area contributed by atoms with Crippen molar-refractivity contribution in [3.63, 3.8) is 0 Å². The molecule has 0 amide bonds. The van der Waals surface area contributed by atoms with Gasteiger partial charge < -0.3 is 4.74 Å². The third kappa shape index (κ3) is 4.29. The number of H-pyrrole nitrogens is 1. The minimum Gasteiger partial charge on any atom is -0.479 e. The number of allylic oxidation sites excluding steroid dienone is 4. The molecule has 0 spiro atoms. The van der Waals surface area contributed by atoms with E-state index in [9.17, 15) is 12.8 Å². The van der Waals surface area contributed by atoms with E-state index in [2.05, 4.69) is 31.7 Å². The van der Waals surface area contributed by atoms with Gasteiger partial charge in [0.1, 0.15) is 5.83 Å². The van der Waals surface area contributed by atoms with Crippen LogP contribution in [0, 0.1) is 11.8 Å². The largest absolute Gasteiger partial charge is 0.479 e. The minimum atomic E-state index is -3.80. The van der Waals surface area contributed by atoms with Crippen LogP contribution in [0.4, 0.5) is 8.78 Å². The molecule has 2 aromatic heterocycles. The van der Waals surface area contributed by atoms with Gasteiger partial charge >= 0.3 is 0 Å². The summed E-state index contributed by atoms with van der Waals surface area (Å²) in [6.07, 6.45) is 2.11. The van der Waals surface area contributed by atoms with E-state index in [1.165, 1.54) is 19.4 Å². The molecule has 33 heavy (non-hydrogen) atoms. The monoisotopic (exact) mass is 490 g/mol. The Balaban J connectivity index is 1.76. The Hall–Kier alpha value is -3.42. The number of rotatable bonds is 4. The molecule has 11 heteroatoms. The molecular weight excluding hydrogens is 474 g/mol. The van der Waals surface area contributed by atoms with Crippen molar-refractivity contribution in [3.8, 4) is 17.7 Å². The van der Waals surface area contributed by atoms with Crippen molar-refractivity contribution in [2.24, 2.45) is 0 Å². The fourth-order valence-corrected chi connectivity index (χ4v) is 4.37. The van der Waals surface area contributed by atoms with E-state index in [4.69, 9.17) is 16.3 Å². The lowest BCUT2D eigenvalue weighted by atomic mass is 9.84. The maximum atomic E-state index is 15.4. The molecule has 2 heterocycles. The topological polar surface area (TPSA) is 97.0 Å². The summed E-state index contributed by atoms with van der Waals surface area (Å²) in [6, 6.07) is 7.94. The van der Waals surface area contributed by atoms with Crippen LogP contribution < -0.4 is 9.46 Å². The zero-order valence-corrected chi connectivity index (χ0v) is 18.9. The SMILES string of the molecule is COc1n[nH]c2ncc(C#Cc3ccccc3C3(Cl)C(F)=CC=C(NS(C)(=O)=O)C3F)cc12. The molecule has 1 aromatic carbocycles. The second kappa shape index (κ2) is 8.50. The molecule has 0 fully saturated rings. The Kier molecular flexibility index (Phi) is 5.86. The highest BCUT2D eigenvalue weighted by Gasteiger charge is 2.49. The first-order chi connectivity index (χ1) is 15.6. The summed E-state index contributed by atoms with van der Waals surface area (Å²) in [4.78, 5) is 1.93. The zero-order chi connectivity index (χ0) is 23.8. The van der Waals surface area contributed by atoms with Gasteiger partial charge in [0.15, 0.2) is 16.7 Å². The average Bonchev–Trinajstić information content (AvgIpc) is 3.20. The molecule has 7 nitrogen and oxygen atoms in total. The van der Waals surface area contributed by atoms with Crippen molar-refractivity contribution in [1.82, 2.24) is 19.9 Å². The molecule has 0 saturated carbocycles. The van der Waals surface area contributed by atoms with E-state index in [-0.39, 0.29) is 16.8 Å². The van der Waals surface area contributed by atoms with E-state index in [1.807, 2.05) is 0 Å². The summed E-state index contributed by atoms with van der Waals surface area (Å²) in [5.74, 6) is 5.18. The molecule has 1 aliphatic carbocycles. The third-order valence-electron chi connectivity index (χ3n) is 4.92. The van der Waals surface area contributed by atoms with E-state index >= 15 is 4.39 Å². The average molecular weight is 491 g/mol. The predicted molar refractivity (Wildman–Crippen MR) is 121 cm³/mol. The number of alkyl halides is 2. The second-order valence-corrected chi connectivity index (χ2v) is 9.58. The van der Waals surface area contributed by atoms with E-state index in [0.717, 1.165) is 18.4 Å². The molecule has 2 unspecified atom stereocenters. The van der Waals surface area contributed by atoms with Crippen LogP contribution in [0.5, 0.6) is 5.88 Å². The van der Waals surface area contributed by atoms with Crippen LogP contribution in [-0.4, -0.2) is 43.1 Å². The highest BCUT2D eigenvalue weighted by Crippen LogP contribution is 2.47. The summed E-state index contributed by atoms with van der Waals surface area (Å²) < 4.78 is 60.8. The van der Waals surface area contributed by atoms with Crippen molar-refractivity contribution < 1.29 is 21.9 Å². The summed E-state index contributed by atoms with van der Waals surface area (Å²) in [5, 5.41) is 7.34. The van der Waals surface area contributed by atoms with Gasteiger partial charge in [-0.25, -0.2) is 22.2 Å². The molecule has 170 valence electrons. The molecule has 0 saturated heterocycles. The fraction of sp³-hybridized carbons (Fsp3) is 0.182. The van der Waals surface area contributed by atoms with E-state index in [1.54, 1.807) is 24.3 Å². The highest BCUT2D eigenvalue weighted by molar-refractivity contribution is 7.88. The number of sulfonamides is 1. The number of aromatic amines is 1. The summed E-state index contributed by atoms with van der Waals surface area (Å²) in [6.45, 7) is 0. The van der Waals surface area contributed by atoms with Crippen LogP contribution in [0.1, 0.15) is 16.7 Å². The molecule has 0 aliphatic heterocycles. The van der Waals surface area contributed by atoms with Crippen LogP contribution >= 0.6 is 11.6 Å². The van der Waals surface area contributed by atoms with Crippen LogP contribution in [0.3, 0.4) is 0 Å². The van der Waals surface area contributed by atoms with Gasteiger partial charge in [0.05, 0.1) is 24.4 Å². The number of hydrogen-bond acceptors (Lipinski definition) is 5. The van der Waals surface area contributed by atoms with E-state index < -0.39 is 26.9 Å². The van der Waals surface area contributed by atoms with Crippen molar-refractivity contribution in [2.45, 2.75) is 11.0 Å². The Bertz CT molecular complexity index is 1470. The van der Waals surface area contributed by atoms with Gasteiger partial charge in [-0.15, -0.1) is 16.7 Å². The maximum absolute atomic E-state index is 15.4. The number of methoxy groups -OCH3 is 1. The van der Waals surface area contributed by atoms with Crippen molar-refractivity contribution in [3.05, 3.63) is 76.9 Å². The number of ether oxygens (including phenoxy) is 1. The predicted octanol–water partition coefficient (Wildman–Crippen LogP) is 3.44. The van der Waals surface area contributed by atoms with Crippen LogP contribution in [-0.2, 0) is 14.9 Å². The number of aromatic nitrogens is 3. The van der Waals surface area contributed by atoms with Gasteiger partial charge in [-0.1, -0.05) is 30.0 Å². The number of pyridine rings is 1. The summed E-state index contributed by atoms with van der Waals surface area (Å²) >= 11 is 6.51. The Morgan fingerprint density at radius 1 is 1.27 bits per heavy atom. The van der Waals surface area contributed by atoms with Crippen LogP contribution in [0.25, 0.3) is 11.0 Å². The van der Waals surface area contributed by atoms with E-state index in [0.29, 0.717) is 22.5 Å². The van der Waals surface area contributed by atoms with Gasteiger partial charge in [0.2, 0.25) is 15.9 Å².